The average molecular weight is 441 g/mol. The lowest BCUT2D eigenvalue weighted by Crippen LogP contribution is -2.67. The third-order valence-corrected chi connectivity index (χ3v) is 12.3. The lowest BCUT2D eigenvalue weighted by atomic mass is 9.44. The number of Topliss-reactive ketones (excluding diaryl/α,β-unsaturated/α-hetero) is 1. The zero-order chi connectivity index (χ0) is 22.0. The summed E-state index contributed by atoms with van der Waals surface area (Å²) >= 11 is 0. The van der Waals surface area contributed by atoms with Crippen LogP contribution in [0.2, 0.25) is 0 Å². The van der Waals surface area contributed by atoms with Gasteiger partial charge in [-0.25, -0.2) is 0 Å². The summed E-state index contributed by atoms with van der Waals surface area (Å²) in [5, 5.41) is 0. The Labute approximate surface area is 197 Å². The molecule has 0 aromatic rings. The minimum absolute atomic E-state index is 0.0321. The third-order valence-electron chi connectivity index (χ3n) is 12.3. The fourth-order valence-electron chi connectivity index (χ4n) is 10.4. The summed E-state index contributed by atoms with van der Waals surface area (Å²) in [5.74, 6) is 3.90. The van der Waals surface area contributed by atoms with Crippen molar-refractivity contribution in [3.63, 3.8) is 0 Å². The van der Waals surface area contributed by atoms with Crippen LogP contribution >= 0.6 is 0 Å². The van der Waals surface area contributed by atoms with Crippen LogP contribution in [0.1, 0.15) is 110 Å². The van der Waals surface area contributed by atoms with E-state index in [0.29, 0.717) is 22.8 Å². The predicted molar refractivity (Wildman–Crippen MR) is 130 cm³/mol. The number of likely N-dealkylation sites (tertiary alicyclic amines) is 2. The van der Waals surface area contributed by atoms with Crippen LogP contribution in [-0.4, -0.2) is 47.4 Å². The molecular formula is C29H48N2O. The molecule has 3 heteroatoms. The maximum Gasteiger partial charge on any atom is 0.139 e. The Morgan fingerprint density at radius 1 is 0.719 bits per heavy atom. The largest absolute Gasteiger partial charge is 0.299 e. The average Bonchev–Trinajstić information content (AvgIpc) is 3.14. The summed E-state index contributed by atoms with van der Waals surface area (Å²) < 4.78 is 0. The molecule has 3 nitrogen and oxygen atoms in total. The van der Waals surface area contributed by atoms with Crippen LogP contribution in [0, 0.1) is 34.5 Å². The van der Waals surface area contributed by atoms with Gasteiger partial charge in [-0.2, -0.15) is 0 Å². The van der Waals surface area contributed by atoms with Gasteiger partial charge in [-0.1, -0.05) is 26.7 Å². The number of nitrogens with zero attached hydrogens (tertiary/aromatic N) is 2. The first-order valence-corrected chi connectivity index (χ1v) is 14.5. The molecule has 2 saturated heterocycles. The smallest absolute Gasteiger partial charge is 0.139 e. The summed E-state index contributed by atoms with van der Waals surface area (Å²) in [5.41, 5.74) is 0.916. The Morgan fingerprint density at radius 3 is 2.03 bits per heavy atom. The van der Waals surface area contributed by atoms with Gasteiger partial charge in [0.25, 0.3) is 0 Å². The molecule has 6 atom stereocenters. The molecule has 2 aliphatic heterocycles. The van der Waals surface area contributed by atoms with E-state index in [4.69, 9.17) is 0 Å². The number of hydrogen-bond donors (Lipinski definition) is 0. The quantitative estimate of drug-likeness (QED) is 0.506. The fraction of sp³-hybridized carbons (Fsp3) is 0.966. The molecule has 2 heterocycles. The minimum atomic E-state index is 0.0321. The van der Waals surface area contributed by atoms with E-state index in [-0.39, 0.29) is 5.41 Å². The van der Waals surface area contributed by atoms with Gasteiger partial charge in [0.1, 0.15) is 5.78 Å². The number of piperidine rings is 2. The van der Waals surface area contributed by atoms with Gasteiger partial charge in [0.2, 0.25) is 0 Å². The molecule has 0 N–H and O–H groups in total. The molecule has 6 rings (SSSR count). The van der Waals surface area contributed by atoms with E-state index in [1.165, 1.54) is 116 Å². The van der Waals surface area contributed by atoms with Crippen molar-refractivity contribution >= 4 is 5.78 Å². The van der Waals surface area contributed by atoms with Crippen LogP contribution in [0.15, 0.2) is 0 Å². The van der Waals surface area contributed by atoms with E-state index in [0.717, 1.165) is 24.2 Å². The number of fused-ring (bicyclic) bond motifs is 5. The molecule has 32 heavy (non-hydrogen) atoms. The van der Waals surface area contributed by atoms with Gasteiger partial charge < -0.3 is 0 Å². The van der Waals surface area contributed by atoms with E-state index >= 15 is 0 Å². The monoisotopic (exact) mass is 440 g/mol. The highest BCUT2D eigenvalue weighted by Crippen LogP contribution is 2.66. The Bertz CT molecular complexity index is 705. The normalized spacial score (nSPS) is 47.5. The van der Waals surface area contributed by atoms with Crippen molar-refractivity contribution in [2.24, 2.45) is 34.5 Å². The molecule has 6 aliphatic rings. The Balaban J connectivity index is 1.27. The van der Waals surface area contributed by atoms with Gasteiger partial charge in [-0.3, -0.25) is 14.6 Å². The highest BCUT2D eigenvalue weighted by molar-refractivity contribution is 5.87. The first-order chi connectivity index (χ1) is 15.5. The molecule has 180 valence electrons. The summed E-state index contributed by atoms with van der Waals surface area (Å²) in [6.45, 7) is 10.4. The summed E-state index contributed by atoms with van der Waals surface area (Å²) in [7, 11) is 0. The number of hydrogen-bond acceptors (Lipinski definition) is 3. The number of carbonyl (C=O) groups is 1. The van der Waals surface area contributed by atoms with E-state index in [9.17, 15) is 4.79 Å². The number of rotatable bonds is 2. The molecule has 4 saturated carbocycles. The van der Waals surface area contributed by atoms with Gasteiger partial charge >= 0.3 is 0 Å². The van der Waals surface area contributed by atoms with Crippen molar-refractivity contribution in [1.82, 2.24) is 9.80 Å². The van der Waals surface area contributed by atoms with Crippen molar-refractivity contribution in [2.45, 2.75) is 116 Å². The standard InChI is InChI=1S/C29H48N2O/c1-27-15-16-29(30-17-5-3-6-18-30,31-19-7-4-8-20-31)21-22(27)9-10-23-24-11-12-26(32)28(24,2)14-13-25(23)27/h22-25H,3-21H2,1-2H3/t22-,23-,24-,25-,27-,28-/m0/s1. The highest BCUT2D eigenvalue weighted by Gasteiger charge is 2.62. The molecule has 6 fully saturated rings. The molecule has 0 aromatic heterocycles. The minimum Gasteiger partial charge on any atom is -0.299 e. The molecule has 0 bridgehead atoms. The van der Waals surface area contributed by atoms with Crippen LogP contribution in [-0.2, 0) is 4.79 Å². The van der Waals surface area contributed by atoms with Gasteiger partial charge in [0, 0.05) is 11.8 Å². The summed E-state index contributed by atoms with van der Waals surface area (Å²) in [6, 6.07) is 0. The van der Waals surface area contributed by atoms with E-state index in [1.807, 2.05) is 0 Å². The molecule has 0 aromatic carbocycles. The predicted octanol–water partition coefficient (Wildman–Crippen LogP) is 6.27. The number of ketones is 1. The first-order valence-electron chi connectivity index (χ1n) is 14.5. The molecule has 0 radical (unpaired) electrons. The van der Waals surface area contributed by atoms with Gasteiger partial charge in [0.15, 0.2) is 0 Å². The van der Waals surface area contributed by atoms with Gasteiger partial charge in [-0.05, 0) is 132 Å². The van der Waals surface area contributed by atoms with Crippen LogP contribution in [0.3, 0.4) is 0 Å². The van der Waals surface area contributed by atoms with E-state index in [1.54, 1.807) is 0 Å². The lowest BCUT2D eigenvalue weighted by molar-refractivity contribution is -0.178. The SMILES string of the molecule is C[C@]12CCC(N3CCCCC3)(N3CCCCC3)C[C@@H]1CC[C@@H]1[C@@H]2CC[C@]2(C)C(=O)CC[C@@H]12. The second-order valence-corrected chi connectivity index (χ2v) is 13.4. The fourth-order valence-corrected chi connectivity index (χ4v) is 10.4. The zero-order valence-corrected chi connectivity index (χ0v) is 21.0. The molecule has 0 amide bonds. The van der Waals surface area contributed by atoms with E-state index < -0.39 is 0 Å². The van der Waals surface area contributed by atoms with Crippen LogP contribution in [0.4, 0.5) is 0 Å². The van der Waals surface area contributed by atoms with Gasteiger partial charge in [0.05, 0.1) is 5.66 Å². The van der Waals surface area contributed by atoms with Crippen molar-refractivity contribution in [3.8, 4) is 0 Å². The van der Waals surface area contributed by atoms with Crippen molar-refractivity contribution in [2.75, 3.05) is 26.2 Å². The van der Waals surface area contributed by atoms with E-state index in [2.05, 4.69) is 23.6 Å². The molecule has 0 unspecified atom stereocenters. The Morgan fingerprint density at radius 2 is 1.38 bits per heavy atom. The lowest BCUT2D eigenvalue weighted by Gasteiger charge is -2.65. The summed E-state index contributed by atoms with van der Waals surface area (Å²) in [4.78, 5) is 18.8. The molecule has 4 aliphatic carbocycles. The van der Waals surface area contributed by atoms with Crippen molar-refractivity contribution in [3.05, 3.63) is 0 Å². The Kier molecular flexibility index (Phi) is 5.57. The maximum atomic E-state index is 12.8. The third kappa shape index (κ3) is 3.15. The summed E-state index contributed by atoms with van der Waals surface area (Å²) in [6.07, 6.45) is 20.2. The Hall–Kier alpha value is -0.410. The number of carbonyl (C=O) groups excluding carboxylic acids is 1. The molecule has 0 spiro atoms. The van der Waals surface area contributed by atoms with Crippen LogP contribution < -0.4 is 0 Å². The van der Waals surface area contributed by atoms with Crippen molar-refractivity contribution in [1.29, 1.82) is 0 Å². The zero-order valence-electron chi connectivity index (χ0n) is 21.0. The second-order valence-electron chi connectivity index (χ2n) is 13.4. The maximum absolute atomic E-state index is 12.8. The van der Waals surface area contributed by atoms with Gasteiger partial charge in [-0.15, -0.1) is 0 Å². The topological polar surface area (TPSA) is 23.6 Å². The van der Waals surface area contributed by atoms with Crippen LogP contribution in [0.25, 0.3) is 0 Å². The molecular weight excluding hydrogens is 392 g/mol. The first kappa shape index (κ1) is 22.1. The second kappa shape index (κ2) is 8.08. The highest BCUT2D eigenvalue weighted by atomic mass is 16.1. The van der Waals surface area contributed by atoms with Crippen molar-refractivity contribution < 1.29 is 4.79 Å². The van der Waals surface area contributed by atoms with Crippen LogP contribution in [0.5, 0.6) is 0 Å².